The Morgan fingerprint density at radius 2 is 2.00 bits per heavy atom. The van der Waals surface area contributed by atoms with Crippen LogP contribution in [0.5, 0.6) is 0 Å². The molecule has 0 fully saturated rings. The molecule has 4 rings (SSSR count). The van der Waals surface area contributed by atoms with Gasteiger partial charge in [-0.05, 0) is 36.2 Å². The summed E-state index contributed by atoms with van der Waals surface area (Å²) in [5.41, 5.74) is 2.66. The minimum Gasteiger partial charge on any atom is -0.345 e. The van der Waals surface area contributed by atoms with Crippen LogP contribution in [0.4, 0.5) is 5.69 Å². The SMILES string of the molecule is C[C@@H](NC(=O)c1sc2cc(Cl)cc(Cl)c2c1Cl)c1ccc2c(c1)CC(=O)N2. The lowest BCUT2D eigenvalue weighted by Crippen LogP contribution is -2.26. The van der Waals surface area contributed by atoms with Crippen LogP contribution in [0, 0.1) is 0 Å². The number of thiophene rings is 1. The van der Waals surface area contributed by atoms with Crippen LogP contribution in [0.1, 0.15) is 33.8 Å². The summed E-state index contributed by atoms with van der Waals surface area (Å²) in [6.45, 7) is 1.88. The molecule has 0 saturated heterocycles. The molecule has 0 spiro atoms. The second kappa shape index (κ2) is 6.99. The number of carbonyl (C=O) groups is 2. The van der Waals surface area contributed by atoms with Crippen LogP contribution in [0.2, 0.25) is 15.1 Å². The van der Waals surface area contributed by atoms with E-state index in [0.29, 0.717) is 31.8 Å². The van der Waals surface area contributed by atoms with E-state index in [1.807, 2.05) is 25.1 Å². The molecule has 138 valence electrons. The molecule has 4 nitrogen and oxygen atoms in total. The number of hydrogen-bond acceptors (Lipinski definition) is 3. The first-order chi connectivity index (χ1) is 12.8. The number of carbonyl (C=O) groups excluding carboxylic acids is 2. The van der Waals surface area contributed by atoms with Crippen LogP contribution in [0.25, 0.3) is 10.1 Å². The summed E-state index contributed by atoms with van der Waals surface area (Å²) in [6, 6.07) is 8.77. The zero-order valence-corrected chi connectivity index (χ0v) is 17.1. The monoisotopic (exact) mass is 438 g/mol. The van der Waals surface area contributed by atoms with Crippen molar-refractivity contribution in [1.29, 1.82) is 0 Å². The maximum atomic E-state index is 12.8. The van der Waals surface area contributed by atoms with Crippen molar-refractivity contribution in [2.24, 2.45) is 0 Å². The summed E-state index contributed by atoms with van der Waals surface area (Å²) in [5.74, 6) is -0.304. The van der Waals surface area contributed by atoms with Crippen molar-refractivity contribution in [3.8, 4) is 0 Å². The lowest BCUT2D eigenvalue weighted by molar-refractivity contribution is -0.115. The third-order valence-electron chi connectivity index (χ3n) is 4.46. The van der Waals surface area contributed by atoms with Gasteiger partial charge >= 0.3 is 0 Å². The van der Waals surface area contributed by atoms with Gasteiger partial charge in [-0.25, -0.2) is 0 Å². The second-order valence-electron chi connectivity index (χ2n) is 6.34. The third kappa shape index (κ3) is 3.41. The topological polar surface area (TPSA) is 58.2 Å². The lowest BCUT2D eigenvalue weighted by atomic mass is 10.0. The Morgan fingerprint density at radius 3 is 2.78 bits per heavy atom. The maximum absolute atomic E-state index is 12.8. The Hall–Kier alpha value is -1.79. The number of halogens is 3. The molecule has 0 saturated carbocycles. The fourth-order valence-corrected chi connectivity index (χ4v) is 5.40. The zero-order chi connectivity index (χ0) is 19.3. The van der Waals surface area contributed by atoms with E-state index in [-0.39, 0.29) is 17.9 Å². The van der Waals surface area contributed by atoms with Crippen molar-refractivity contribution < 1.29 is 9.59 Å². The quantitative estimate of drug-likeness (QED) is 0.538. The first-order valence-corrected chi connectivity index (χ1v) is 10.1. The van der Waals surface area contributed by atoms with Gasteiger partial charge in [-0.3, -0.25) is 9.59 Å². The van der Waals surface area contributed by atoms with Crippen LogP contribution in [-0.2, 0) is 11.2 Å². The Labute approximate surface area is 174 Å². The van der Waals surface area contributed by atoms with Crippen molar-refractivity contribution in [2.45, 2.75) is 19.4 Å². The van der Waals surface area contributed by atoms with E-state index in [2.05, 4.69) is 10.6 Å². The molecule has 0 unspecified atom stereocenters. The van der Waals surface area contributed by atoms with Crippen LogP contribution in [-0.4, -0.2) is 11.8 Å². The van der Waals surface area contributed by atoms with Crippen LogP contribution >= 0.6 is 46.1 Å². The molecule has 8 heteroatoms. The molecule has 1 aliphatic rings. The molecule has 1 atom stereocenters. The molecule has 1 aliphatic heterocycles. The van der Waals surface area contributed by atoms with Crippen LogP contribution in [0.3, 0.4) is 0 Å². The summed E-state index contributed by atoms with van der Waals surface area (Å²) in [4.78, 5) is 24.7. The Kier molecular flexibility index (Phi) is 4.80. The molecule has 2 amide bonds. The largest absolute Gasteiger partial charge is 0.345 e. The number of benzene rings is 2. The second-order valence-corrected chi connectivity index (χ2v) is 8.62. The first kappa shape index (κ1) is 18.6. The number of rotatable bonds is 3. The number of fused-ring (bicyclic) bond motifs is 2. The molecule has 0 bridgehead atoms. The van der Waals surface area contributed by atoms with Gasteiger partial charge in [0.1, 0.15) is 4.88 Å². The average molecular weight is 440 g/mol. The highest BCUT2D eigenvalue weighted by Gasteiger charge is 2.23. The number of hydrogen-bond donors (Lipinski definition) is 2. The average Bonchev–Trinajstić information content (AvgIpc) is 3.12. The Bertz CT molecular complexity index is 1110. The molecule has 3 aromatic rings. The molecule has 2 aromatic carbocycles. The standard InChI is InChI=1S/C19H13Cl3N2O2S/c1-8(9-2-3-13-10(4-9)5-15(25)24-13)23-19(26)18-17(22)16-12(21)6-11(20)7-14(16)27-18/h2-4,6-8H,5H2,1H3,(H,23,26)(H,24,25)/t8-/m1/s1. The highest BCUT2D eigenvalue weighted by Crippen LogP contribution is 2.41. The molecular formula is C19H13Cl3N2O2S. The van der Waals surface area contributed by atoms with E-state index in [1.165, 1.54) is 11.3 Å². The van der Waals surface area contributed by atoms with Gasteiger partial charge in [-0.2, -0.15) is 0 Å². The van der Waals surface area contributed by atoms with Crippen molar-refractivity contribution in [1.82, 2.24) is 5.32 Å². The van der Waals surface area contributed by atoms with Crippen LogP contribution in [0.15, 0.2) is 30.3 Å². The van der Waals surface area contributed by atoms with E-state index in [4.69, 9.17) is 34.8 Å². The van der Waals surface area contributed by atoms with Crippen molar-refractivity contribution in [3.63, 3.8) is 0 Å². The Morgan fingerprint density at radius 1 is 1.22 bits per heavy atom. The predicted molar refractivity (Wildman–Crippen MR) is 112 cm³/mol. The van der Waals surface area contributed by atoms with Gasteiger partial charge in [0.25, 0.3) is 5.91 Å². The number of anilines is 1. The summed E-state index contributed by atoms with van der Waals surface area (Å²) in [6.07, 6.45) is 0.352. The fourth-order valence-electron chi connectivity index (χ4n) is 3.12. The normalized spacial score (nSPS) is 14.1. The zero-order valence-electron chi connectivity index (χ0n) is 14.0. The number of amides is 2. The fraction of sp³-hybridized carbons (Fsp3) is 0.158. The summed E-state index contributed by atoms with van der Waals surface area (Å²) < 4.78 is 0.762. The third-order valence-corrected chi connectivity index (χ3v) is 6.60. The van der Waals surface area contributed by atoms with Gasteiger partial charge in [0.2, 0.25) is 5.91 Å². The molecular weight excluding hydrogens is 427 g/mol. The molecule has 1 aromatic heterocycles. The van der Waals surface area contributed by atoms with E-state index in [9.17, 15) is 9.59 Å². The van der Waals surface area contributed by atoms with Gasteiger partial charge in [0.15, 0.2) is 0 Å². The van der Waals surface area contributed by atoms with Gasteiger partial charge in [-0.1, -0.05) is 46.9 Å². The maximum Gasteiger partial charge on any atom is 0.263 e. The minimum absolute atomic E-state index is 0.0218. The minimum atomic E-state index is -0.282. The lowest BCUT2D eigenvalue weighted by Gasteiger charge is -2.15. The van der Waals surface area contributed by atoms with Gasteiger partial charge in [0, 0.05) is 20.8 Å². The summed E-state index contributed by atoms with van der Waals surface area (Å²) >= 11 is 19.9. The smallest absolute Gasteiger partial charge is 0.263 e. The summed E-state index contributed by atoms with van der Waals surface area (Å²) in [7, 11) is 0. The molecule has 0 aliphatic carbocycles. The molecule has 27 heavy (non-hydrogen) atoms. The number of nitrogens with one attached hydrogen (secondary N) is 2. The summed E-state index contributed by atoms with van der Waals surface area (Å²) in [5, 5.41) is 7.62. The van der Waals surface area contributed by atoms with Crippen LogP contribution < -0.4 is 10.6 Å². The molecule has 2 heterocycles. The highest BCUT2D eigenvalue weighted by atomic mass is 35.5. The van der Waals surface area contributed by atoms with Gasteiger partial charge < -0.3 is 10.6 Å². The van der Waals surface area contributed by atoms with Crippen molar-refractivity contribution in [3.05, 3.63) is 61.4 Å². The molecule has 2 N–H and O–H groups in total. The van der Waals surface area contributed by atoms with E-state index < -0.39 is 0 Å². The van der Waals surface area contributed by atoms with Crippen molar-refractivity contribution in [2.75, 3.05) is 5.32 Å². The van der Waals surface area contributed by atoms with E-state index >= 15 is 0 Å². The van der Waals surface area contributed by atoms with Gasteiger partial charge in [-0.15, -0.1) is 11.3 Å². The van der Waals surface area contributed by atoms with E-state index in [0.717, 1.165) is 21.5 Å². The van der Waals surface area contributed by atoms with E-state index in [1.54, 1.807) is 12.1 Å². The first-order valence-electron chi connectivity index (χ1n) is 8.14. The molecule has 0 radical (unpaired) electrons. The highest BCUT2D eigenvalue weighted by molar-refractivity contribution is 7.21. The predicted octanol–water partition coefficient (Wildman–Crippen LogP) is 5.85. The van der Waals surface area contributed by atoms with Gasteiger partial charge in [0.05, 0.1) is 22.5 Å². The van der Waals surface area contributed by atoms with Crippen molar-refractivity contribution >= 4 is 73.7 Å². The Balaban J connectivity index is 1.60.